The van der Waals surface area contributed by atoms with E-state index < -0.39 is 17.2 Å². The van der Waals surface area contributed by atoms with Crippen LogP contribution in [0.1, 0.15) is 25.3 Å². The van der Waals surface area contributed by atoms with Crippen LogP contribution < -0.4 is 10.6 Å². The van der Waals surface area contributed by atoms with E-state index in [2.05, 4.69) is 20.8 Å². The van der Waals surface area contributed by atoms with Gasteiger partial charge in [0, 0.05) is 6.54 Å². The Labute approximate surface area is 106 Å². The molecule has 1 amide bonds. The van der Waals surface area contributed by atoms with Crippen LogP contribution in [0.2, 0.25) is 0 Å². The number of nitrogens with zero attached hydrogens (tertiary/aromatic N) is 2. The van der Waals surface area contributed by atoms with E-state index in [9.17, 15) is 18.0 Å². The van der Waals surface area contributed by atoms with Gasteiger partial charge in [-0.25, -0.2) is 0 Å². The number of rotatable bonds is 5. The second kappa shape index (κ2) is 5.98. The lowest BCUT2D eigenvalue weighted by Crippen LogP contribution is -2.37. The van der Waals surface area contributed by atoms with Crippen LogP contribution in [0, 0.1) is 0 Å². The second-order valence-electron chi connectivity index (χ2n) is 3.57. The summed E-state index contributed by atoms with van der Waals surface area (Å²) in [7, 11) is 0. The maximum absolute atomic E-state index is 12.3. The number of carbonyl (C=O) groups is 1. The Bertz CT molecular complexity index is 407. The third-order valence-corrected chi connectivity index (χ3v) is 2.85. The van der Waals surface area contributed by atoms with E-state index in [1.54, 1.807) is 6.92 Å². The number of halogens is 3. The van der Waals surface area contributed by atoms with Gasteiger partial charge in [0.2, 0.25) is 16.0 Å². The van der Waals surface area contributed by atoms with Gasteiger partial charge in [0.05, 0.1) is 0 Å². The summed E-state index contributed by atoms with van der Waals surface area (Å²) in [4.78, 5) is 11.5. The Kier molecular flexibility index (Phi) is 4.88. The SMILES string of the molecule is CCCNC(=O)C(C)Nc1nnc(C(F)(F)F)s1. The lowest BCUT2D eigenvalue weighted by Gasteiger charge is -2.12. The van der Waals surface area contributed by atoms with Crippen LogP contribution in [-0.2, 0) is 11.0 Å². The number of anilines is 1. The number of carbonyl (C=O) groups excluding carboxylic acids is 1. The minimum atomic E-state index is -4.51. The monoisotopic (exact) mass is 282 g/mol. The van der Waals surface area contributed by atoms with Gasteiger partial charge in [0.25, 0.3) is 0 Å². The van der Waals surface area contributed by atoms with E-state index in [-0.39, 0.29) is 11.0 Å². The quantitative estimate of drug-likeness (QED) is 0.865. The van der Waals surface area contributed by atoms with E-state index in [1.807, 2.05) is 6.92 Å². The van der Waals surface area contributed by atoms with Crippen molar-refractivity contribution in [2.45, 2.75) is 32.5 Å². The van der Waals surface area contributed by atoms with Crippen molar-refractivity contribution >= 4 is 22.4 Å². The van der Waals surface area contributed by atoms with Gasteiger partial charge in [0.1, 0.15) is 6.04 Å². The molecule has 2 N–H and O–H groups in total. The molecule has 0 spiro atoms. The molecule has 0 aliphatic rings. The van der Waals surface area contributed by atoms with Gasteiger partial charge >= 0.3 is 6.18 Å². The summed E-state index contributed by atoms with van der Waals surface area (Å²) in [5.74, 6) is -0.291. The molecule has 1 aromatic heterocycles. The molecule has 0 aromatic carbocycles. The number of aromatic nitrogens is 2. The normalized spacial score (nSPS) is 13.2. The summed E-state index contributed by atoms with van der Waals surface area (Å²) in [5.41, 5.74) is 0. The Morgan fingerprint density at radius 2 is 2.11 bits per heavy atom. The predicted molar refractivity (Wildman–Crippen MR) is 61.3 cm³/mol. The number of hydrogen-bond donors (Lipinski definition) is 2. The highest BCUT2D eigenvalue weighted by Gasteiger charge is 2.35. The highest BCUT2D eigenvalue weighted by molar-refractivity contribution is 7.15. The maximum Gasteiger partial charge on any atom is 0.445 e. The molecule has 5 nitrogen and oxygen atoms in total. The summed E-state index contributed by atoms with van der Waals surface area (Å²) in [6.07, 6.45) is -3.72. The van der Waals surface area contributed by atoms with Gasteiger partial charge in [-0.1, -0.05) is 18.3 Å². The van der Waals surface area contributed by atoms with Crippen molar-refractivity contribution in [2.24, 2.45) is 0 Å². The van der Waals surface area contributed by atoms with Crippen LogP contribution in [0.3, 0.4) is 0 Å². The average molecular weight is 282 g/mol. The first-order valence-electron chi connectivity index (χ1n) is 5.29. The molecule has 1 unspecified atom stereocenters. The molecular formula is C9H13F3N4OS. The zero-order chi connectivity index (χ0) is 13.8. The molecule has 1 atom stereocenters. The number of hydrogen-bond acceptors (Lipinski definition) is 5. The van der Waals surface area contributed by atoms with E-state index in [0.717, 1.165) is 6.42 Å². The van der Waals surface area contributed by atoms with E-state index in [4.69, 9.17) is 0 Å². The molecule has 1 heterocycles. The van der Waals surface area contributed by atoms with Gasteiger partial charge in [-0.15, -0.1) is 10.2 Å². The molecule has 0 aliphatic carbocycles. The lowest BCUT2D eigenvalue weighted by atomic mass is 10.3. The first-order valence-corrected chi connectivity index (χ1v) is 6.11. The Morgan fingerprint density at radius 3 is 2.61 bits per heavy atom. The van der Waals surface area contributed by atoms with Crippen molar-refractivity contribution < 1.29 is 18.0 Å². The minimum absolute atomic E-state index is 0.0264. The van der Waals surface area contributed by atoms with Crippen LogP contribution in [0.4, 0.5) is 18.3 Å². The molecule has 1 aromatic rings. The van der Waals surface area contributed by atoms with Gasteiger partial charge in [-0.3, -0.25) is 4.79 Å². The predicted octanol–water partition coefficient (Wildman–Crippen LogP) is 1.88. The van der Waals surface area contributed by atoms with Crippen molar-refractivity contribution in [3.05, 3.63) is 5.01 Å². The van der Waals surface area contributed by atoms with Crippen LogP contribution >= 0.6 is 11.3 Å². The Balaban J connectivity index is 2.57. The minimum Gasteiger partial charge on any atom is -0.354 e. The van der Waals surface area contributed by atoms with Crippen molar-refractivity contribution in [3.8, 4) is 0 Å². The summed E-state index contributed by atoms with van der Waals surface area (Å²) >= 11 is 0.371. The van der Waals surface area contributed by atoms with Crippen molar-refractivity contribution in [3.63, 3.8) is 0 Å². The van der Waals surface area contributed by atoms with Crippen molar-refractivity contribution in [2.75, 3.05) is 11.9 Å². The fourth-order valence-corrected chi connectivity index (χ4v) is 1.75. The molecular weight excluding hydrogens is 269 g/mol. The summed E-state index contributed by atoms with van der Waals surface area (Å²) in [6, 6.07) is -0.661. The molecule has 102 valence electrons. The zero-order valence-electron chi connectivity index (χ0n) is 9.84. The summed E-state index contributed by atoms with van der Waals surface area (Å²) < 4.78 is 36.8. The Hall–Kier alpha value is -1.38. The number of alkyl halides is 3. The third-order valence-electron chi connectivity index (χ3n) is 1.95. The van der Waals surface area contributed by atoms with Gasteiger partial charge in [-0.2, -0.15) is 13.2 Å². The number of amides is 1. The molecule has 1 rings (SSSR count). The smallest absolute Gasteiger partial charge is 0.354 e. The molecule has 0 saturated carbocycles. The van der Waals surface area contributed by atoms with E-state index in [0.29, 0.717) is 17.9 Å². The first kappa shape index (κ1) is 14.7. The molecule has 0 saturated heterocycles. The standard InChI is InChI=1S/C9H13F3N4OS/c1-3-4-13-6(17)5(2)14-8-16-15-7(18-8)9(10,11)12/h5H,3-4H2,1-2H3,(H,13,17)(H,14,16). The van der Waals surface area contributed by atoms with Crippen LogP contribution in [0.15, 0.2) is 0 Å². The highest BCUT2D eigenvalue weighted by atomic mass is 32.1. The molecule has 0 aliphatic heterocycles. The van der Waals surface area contributed by atoms with E-state index in [1.165, 1.54) is 0 Å². The largest absolute Gasteiger partial charge is 0.445 e. The van der Waals surface area contributed by atoms with Crippen LogP contribution in [0.25, 0.3) is 0 Å². The molecule has 9 heteroatoms. The summed E-state index contributed by atoms with van der Waals surface area (Å²) in [5, 5.41) is 10.5. The van der Waals surface area contributed by atoms with Crippen LogP contribution in [0.5, 0.6) is 0 Å². The molecule has 0 fully saturated rings. The first-order chi connectivity index (χ1) is 8.34. The fourth-order valence-electron chi connectivity index (χ4n) is 1.05. The molecule has 0 bridgehead atoms. The molecule has 0 radical (unpaired) electrons. The van der Waals surface area contributed by atoms with Gasteiger partial charge < -0.3 is 10.6 Å². The molecule has 18 heavy (non-hydrogen) atoms. The number of nitrogens with one attached hydrogen (secondary N) is 2. The zero-order valence-corrected chi connectivity index (χ0v) is 10.7. The lowest BCUT2D eigenvalue weighted by molar-refractivity contribution is -0.138. The van der Waals surface area contributed by atoms with Gasteiger partial charge in [-0.05, 0) is 13.3 Å². The highest BCUT2D eigenvalue weighted by Crippen LogP contribution is 2.33. The topological polar surface area (TPSA) is 66.9 Å². The summed E-state index contributed by atoms with van der Waals surface area (Å²) in [6.45, 7) is 3.97. The Morgan fingerprint density at radius 1 is 1.44 bits per heavy atom. The third kappa shape index (κ3) is 4.13. The van der Waals surface area contributed by atoms with Crippen molar-refractivity contribution in [1.82, 2.24) is 15.5 Å². The maximum atomic E-state index is 12.3. The van der Waals surface area contributed by atoms with Crippen molar-refractivity contribution in [1.29, 1.82) is 0 Å². The average Bonchev–Trinajstić information content (AvgIpc) is 2.73. The van der Waals surface area contributed by atoms with Gasteiger partial charge in [0.15, 0.2) is 0 Å². The van der Waals surface area contributed by atoms with E-state index >= 15 is 0 Å². The fraction of sp³-hybridized carbons (Fsp3) is 0.667. The second-order valence-corrected chi connectivity index (χ2v) is 4.54. The van der Waals surface area contributed by atoms with Crippen LogP contribution in [-0.4, -0.2) is 28.7 Å².